The van der Waals surface area contributed by atoms with Gasteiger partial charge in [0.2, 0.25) is 5.91 Å². The van der Waals surface area contributed by atoms with Crippen LogP contribution in [-0.4, -0.2) is 39.1 Å². The summed E-state index contributed by atoms with van der Waals surface area (Å²) in [5, 5.41) is 16.0. The average molecular weight is 620 g/mol. The number of nitrogens with zero attached hydrogens (tertiary/aromatic N) is 4. The molecular formula is C31H28Cl2N6O2S. The Morgan fingerprint density at radius 3 is 2.45 bits per heavy atom. The second kappa shape index (κ2) is 12.8. The highest BCUT2D eigenvalue weighted by atomic mass is 35.5. The molecule has 0 atom stereocenters. The Morgan fingerprint density at radius 1 is 1.02 bits per heavy atom. The molecule has 0 saturated carbocycles. The van der Waals surface area contributed by atoms with E-state index in [1.165, 1.54) is 6.08 Å². The number of anilines is 2. The van der Waals surface area contributed by atoms with Crippen LogP contribution >= 0.6 is 35.4 Å². The third-order valence-corrected chi connectivity index (χ3v) is 7.69. The fourth-order valence-corrected chi connectivity index (χ4v) is 5.05. The van der Waals surface area contributed by atoms with E-state index in [-0.39, 0.29) is 5.11 Å². The van der Waals surface area contributed by atoms with Crippen LogP contribution in [-0.2, 0) is 4.79 Å². The number of benzene rings is 3. The summed E-state index contributed by atoms with van der Waals surface area (Å²) in [4.78, 5) is 16.4. The van der Waals surface area contributed by atoms with Crippen molar-refractivity contribution in [2.45, 2.75) is 20.8 Å². The maximum absolute atomic E-state index is 12.5. The molecule has 0 bridgehead atoms. The first kappa shape index (κ1) is 29.3. The predicted octanol–water partition coefficient (Wildman–Crippen LogP) is 7.67. The van der Waals surface area contributed by atoms with E-state index in [0.717, 1.165) is 41.2 Å². The van der Waals surface area contributed by atoms with Crippen molar-refractivity contribution in [1.82, 2.24) is 20.3 Å². The zero-order chi connectivity index (χ0) is 29.8. The molecule has 11 heteroatoms. The van der Waals surface area contributed by atoms with E-state index in [2.05, 4.69) is 51.7 Å². The van der Waals surface area contributed by atoms with Gasteiger partial charge in [-0.25, -0.2) is 0 Å². The summed E-state index contributed by atoms with van der Waals surface area (Å²) in [6.45, 7) is 8.09. The Labute approximate surface area is 258 Å². The molecule has 0 spiro atoms. The van der Waals surface area contributed by atoms with Crippen LogP contribution in [0, 0.1) is 6.92 Å². The smallest absolute Gasteiger partial charge is 0.250 e. The highest BCUT2D eigenvalue weighted by Crippen LogP contribution is 2.34. The van der Waals surface area contributed by atoms with Gasteiger partial charge >= 0.3 is 0 Å². The van der Waals surface area contributed by atoms with Crippen molar-refractivity contribution in [3.05, 3.63) is 94.2 Å². The van der Waals surface area contributed by atoms with Gasteiger partial charge in [-0.3, -0.25) is 10.1 Å². The van der Waals surface area contributed by atoms with Crippen LogP contribution in [0.4, 0.5) is 11.4 Å². The lowest BCUT2D eigenvalue weighted by Crippen LogP contribution is -2.33. The van der Waals surface area contributed by atoms with Gasteiger partial charge in [0.25, 0.3) is 0 Å². The van der Waals surface area contributed by atoms with E-state index in [9.17, 15) is 4.79 Å². The zero-order valence-corrected chi connectivity index (χ0v) is 25.5. The Kier molecular flexibility index (Phi) is 8.91. The maximum Gasteiger partial charge on any atom is 0.250 e. The summed E-state index contributed by atoms with van der Waals surface area (Å²) in [5.41, 5.74) is 5.75. The summed E-state index contributed by atoms with van der Waals surface area (Å²) in [5.74, 6) is 0.602. The first-order valence-electron chi connectivity index (χ1n) is 13.3. The second-order valence-electron chi connectivity index (χ2n) is 9.41. The van der Waals surface area contributed by atoms with E-state index in [1.54, 1.807) is 35.1 Å². The third kappa shape index (κ3) is 6.49. The van der Waals surface area contributed by atoms with E-state index in [1.807, 2.05) is 37.3 Å². The summed E-state index contributed by atoms with van der Waals surface area (Å²) in [6, 6.07) is 20.7. The quantitative estimate of drug-likeness (QED) is 0.136. The fourth-order valence-electron chi connectivity index (χ4n) is 4.45. The molecule has 5 rings (SSSR count). The monoisotopic (exact) mass is 618 g/mol. The number of aryl methyl sites for hydroxylation is 1. The fraction of sp³-hybridized carbons (Fsp3) is 0.161. The lowest BCUT2D eigenvalue weighted by Gasteiger charge is -2.20. The van der Waals surface area contributed by atoms with Crippen LogP contribution in [0.25, 0.3) is 34.1 Å². The van der Waals surface area contributed by atoms with Crippen LogP contribution in [0.3, 0.4) is 0 Å². The molecule has 42 heavy (non-hydrogen) atoms. The SMILES string of the molecule is CCN(CC)c1ccc(-n2nc3cc(C)c(NC(=S)NC(=O)C=Cc4ccc(-c5cccc(Cl)c5Cl)o4)cc3n2)cc1. The number of carbonyl (C=O) groups is 1. The Bertz CT molecular complexity index is 1790. The molecule has 1 amide bonds. The highest BCUT2D eigenvalue weighted by molar-refractivity contribution is 7.80. The number of hydrogen-bond donors (Lipinski definition) is 2. The maximum atomic E-state index is 12.5. The Balaban J connectivity index is 1.23. The topological polar surface area (TPSA) is 88.2 Å². The number of fused-ring (bicyclic) bond motifs is 1. The highest BCUT2D eigenvalue weighted by Gasteiger charge is 2.12. The number of carbonyl (C=O) groups excluding carboxylic acids is 1. The van der Waals surface area contributed by atoms with Crippen molar-refractivity contribution >= 4 is 74.9 Å². The average Bonchev–Trinajstić information content (AvgIpc) is 3.62. The number of amides is 1. The first-order chi connectivity index (χ1) is 20.2. The molecule has 214 valence electrons. The van der Waals surface area contributed by atoms with Crippen LogP contribution in [0.15, 0.2) is 77.2 Å². The standard InChI is InChI=1S/C31H28Cl2N6O2S/c1-4-38(5-2)20-9-11-21(12-10-20)39-36-26-17-19(3)25(18-27(26)37-39)34-31(42)35-29(40)16-14-22-13-15-28(41-22)23-7-6-8-24(32)30(23)33/h6-18H,4-5H2,1-3H3,(H2,34,35,40,42). The Morgan fingerprint density at radius 2 is 1.74 bits per heavy atom. The van der Waals surface area contributed by atoms with Crippen LogP contribution < -0.4 is 15.5 Å². The largest absolute Gasteiger partial charge is 0.457 e. The van der Waals surface area contributed by atoms with Crippen LogP contribution in [0.5, 0.6) is 0 Å². The van der Waals surface area contributed by atoms with Crippen molar-refractivity contribution in [2.24, 2.45) is 0 Å². The van der Waals surface area contributed by atoms with Crippen molar-refractivity contribution in [1.29, 1.82) is 0 Å². The molecule has 0 aliphatic rings. The van der Waals surface area contributed by atoms with Crippen molar-refractivity contribution in [3.8, 4) is 17.0 Å². The van der Waals surface area contributed by atoms with E-state index < -0.39 is 5.91 Å². The lowest BCUT2D eigenvalue weighted by molar-refractivity contribution is -0.115. The number of thiocarbonyl (C=S) groups is 1. The molecule has 0 fully saturated rings. The first-order valence-corrected chi connectivity index (χ1v) is 14.5. The number of furan rings is 1. The molecule has 2 heterocycles. The lowest BCUT2D eigenvalue weighted by atomic mass is 10.2. The van der Waals surface area contributed by atoms with Gasteiger partial charge in [0.05, 0.1) is 15.7 Å². The van der Waals surface area contributed by atoms with Gasteiger partial charge in [-0.05, 0) is 105 Å². The van der Waals surface area contributed by atoms with E-state index in [4.69, 9.17) is 39.8 Å². The number of rotatable bonds is 8. The molecule has 3 aromatic carbocycles. The number of halogens is 2. The number of aromatic nitrogens is 3. The molecule has 0 aliphatic heterocycles. The molecular weight excluding hydrogens is 591 g/mol. The molecule has 2 aromatic heterocycles. The minimum absolute atomic E-state index is 0.150. The van der Waals surface area contributed by atoms with Crippen LogP contribution in [0.2, 0.25) is 10.0 Å². The summed E-state index contributed by atoms with van der Waals surface area (Å²) < 4.78 is 5.80. The van der Waals surface area contributed by atoms with Gasteiger partial charge in [0.15, 0.2) is 5.11 Å². The molecule has 0 saturated heterocycles. The third-order valence-electron chi connectivity index (χ3n) is 6.66. The van der Waals surface area contributed by atoms with Crippen LogP contribution in [0.1, 0.15) is 25.2 Å². The Hall–Kier alpha value is -4.18. The van der Waals surface area contributed by atoms with Crippen molar-refractivity contribution in [3.63, 3.8) is 0 Å². The number of nitrogens with one attached hydrogen (secondary N) is 2. The van der Waals surface area contributed by atoms with E-state index >= 15 is 0 Å². The van der Waals surface area contributed by atoms with Gasteiger partial charge in [0.1, 0.15) is 22.6 Å². The molecule has 8 nitrogen and oxygen atoms in total. The molecule has 0 unspecified atom stereocenters. The molecule has 0 aliphatic carbocycles. The minimum atomic E-state index is -0.413. The van der Waals surface area contributed by atoms with Gasteiger partial charge in [0, 0.05) is 36.1 Å². The van der Waals surface area contributed by atoms with Crippen molar-refractivity contribution < 1.29 is 9.21 Å². The predicted molar refractivity (Wildman–Crippen MR) is 175 cm³/mol. The van der Waals surface area contributed by atoms with E-state index in [0.29, 0.717) is 32.6 Å². The summed E-state index contributed by atoms with van der Waals surface area (Å²) >= 11 is 17.8. The van der Waals surface area contributed by atoms with Gasteiger partial charge in [-0.2, -0.15) is 4.80 Å². The normalized spacial score (nSPS) is 11.3. The number of hydrogen-bond acceptors (Lipinski definition) is 6. The van der Waals surface area contributed by atoms with Crippen molar-refractivity contribution in [2.75, 3.05) is 23.3 Å². The molecule has 5 aromatic rings. The van der Waals surface area contributed by atoms with Gasteiger partial charge < -0.3 is 14.6 Å². The summed E-state index contributed by atoms with van der Waals surface area (Å²) in [7, 11) is 0. The second-order valence-corrected chi connectivity index (χ2v) is 10.6. The summed E-state index contributed by atoms with van der Waals surface area (Å²) in [6.07, 6.45) is 2.88. The molecule has 0 radical (unpaired) electrons. The molecule has 2 N–H and O–H groups in total. The van der Waals surface area contributed by atoms with Gasteiger partial charge in [-0.1, -0.05) is 29.3 Å². The minimum Gasteiger partial charge on any atom is -0.457 e. The zero-order valence-electron chi connectivity index (χ0n) is 23.2. The van der Waals surface area contributed by atoms with Gasteiger partial charge in [-0.15, -0.1) is 10.2 Å².